The molecule has 0 saturated carbocycles. The highest BCUT2D eigenvalue weighted by atomic mass is 16.8. The third kappa shape index (κ3) is 1.96. The molecular weight excluding hydrogens is 150 g/mol. The molecule has 5 heteroatoms. The highest BCUT2D eigenvalue weighted by Crippen LogP contribution is 2.09. The Labute approximate surface area is 62.9 Å². The summed E-state index contributed by atoms with van der Waals surface area (Å²) in [6, 6.07) is 0. The molecule has 1 heterocycles. The first-order chi connectivity index (χ1) is 5.22. The molecule has 0 bridgehead atoms. The first-order valence-electron chi connectivity index (χ1n) is 2.90. The molecule has 0 spiro atoms. The summed E-state index contributed by atoms with van der Waals surface area (Å²) in [6.07, 6.45) is 0.499. The third-order valence-corrected chi connectivity index (χ3v) is 0.937. The number of ether oxygens (including phenoxy) is 2. The van der Waals surface area contributed by atoms with Gasteiger partial charge in [0.25, 0.3) is 0 Å². The van der Waals surface area contributed by atoms with Crippen LogP contribution in [0.4, 0.5) is 4.79 Å². The normalized spacial score (nSPS) is 9.27. The topological polar surface area (TPSA) is 61.6 Å². The second kappa shape index (κ2) is 3.05. The van der Waals surface area contributed by atoms with Crippen molar-refractivity contribution in [3.05, 3.63) is 12.0 Å². The molecule has 0 atom stereocenters. The zero-order chi connectivity index (χ0) is 8.27. The molecule has 0 saturated heterocycles. The zero-order valence-corrected chi connectivity index (χ0v) is 6.16. The van der Waals surface area contributed by atoms with Crippen molar-refractivity contribution in [3.63, 3.8) is 0 Å². The summed E-state index contributed by atoms with van der Waals surface area (Å²) in [4.78, 5) is 14.1. The van der Waals surface area contributed by atoms with Crippen molar-refractivity contribution in [2.45, 2.75) is 6.92 Å². The van der Waals surface area contributed by atoms with Gasteiger partial charge in [-0.05, 0) is 6.92 Å². The average molecular weight is 157 g/mol. The number of rotatable bonds is 1. The lowest BCUT2D eigenvalue weighted by Gasteiger charge is -1.94. The number of carbonyl (C=O) groups excluding carboxylic acids is 1. The first-order valence-corrected chi connectivity index (χ1v) is 2.90. The van der Waals surface area contributed by atoms with E-state index < -0.39 is 6.16 Å². The summed E-state index contributed by atoms with van der Waals surface area (Å²) < 4.78 is 13.5. The van der Waals surface area contributed by atoms with E-state index in [1.807, 2.05) is 0 Å². The van der Waals surface area contributed by atoms with Crippen LogP contribution in [0.5, 0.6) is 6.08 Å². The Bertz CT molecular complexity index is 255. The van der Waals surface area contributed by atoms with Crippen LogP contribution in [0.1, 0.15) is 5.76 Å². The van der Waals surface area contributed by atoms with Crippen LogP contribution >= 0.6 is 0 Å². The quantitative estimate of drug-likeness (QED) is 0.572. The summed E-state index contributed by atoms with van der Waals surface area (Å²) in [7, 11) is 1.21. The fourth-order valence-corrected chi connectivity index (χ4v) is 0.494. The van der Waals surface area contributed by atoms with Crippen molar-refractivity contribution in [2.24, 2.45) is 0 Å². The number of hydrogen-bond acceptors (Lipinski definition) is 5. The number of aryl methyl sites for hydroxylation is 1. The molecule has 0 radical (unpaired) electrons. The fourth-order valence-electron chi connectivity index (χ4n) is 0.494. The van der Waals surface area contributed by atoms with Gasteiger partial charge in [-0.3, -0.25) is 0 Å². The van der Waals surface area contributed by atoms with Gasteiger partial charge >= 0.3 is 12.2 Å². The fraction of sp³-hybridized carbons (Fsp3) is 0.333. The van der Waals surface area contributed by atoms with E-state index in [1.165, 1.54) is 13.3 Å². The lowest BCUT2D eigenvalue weighted by Crippen LogP contribution is -2.07. The third-order valence-electron chi connectivity index (χ3n) is 0.937. The number of nitrogens with zero attached hydrogens (tertiary/aromatic N) is 1. The van der Waals surface area contributed by atoms with Gasteiger partial charge in [0.1, 0.15) is 5.76 Å². The largest absolute Gasteiger partial charge is 0.517 e. The molecule has 0 N–H and O–H groups in total. The van der Waals surface area contributed by atoms with E-state index in [-0.39, 0.29) is 6.08 Å². The number of hydrogen-bond donors (Lipinski definition) is 0. The van der Waals surface area contributed by atoms with Gasteiger partial charge in [0, 0.05) is 0 Å². The average Bonchev–Trinajstić information content (AvgIpc) is 2.35. The summed E-state index contributed by atoms with van der Waals surface area (Å²) in [5.74, 6) is 0.573. The molecule has 60 valence electrons. The highest BCUT2D eigenvalue weighted by molar-refractivity contribution is 5.61. The van der Waals surface area contributed by atoms with Crippen LogP contribution in [0, 0.1) is 6.92 Å². The number of oxazole rings is 1. The van der Waals surface area contributed by atoms with E-state index in [2.05, 4.69) is 14.5 Å². The van der Waals surface area contributed by atoms with E-state index in [4.69, 9.17) is 4.42 Å². The van der Waals surface area contributed by atoms with Gasteiger partial charge in [-0.25, -0.2) is 4.79 Å². The molecule has 5 nitrogen and oxygen atoms in total. The SMILES string of the molecule is COC(=O)Oc1ncc(C)o1. The molecule has 0 aliphatic carbocycles. The van der Waals surface area contributed by atoms with E-state index in [0.29, 0.717) is 5.76 Å². The molecule has 1 aromatic heterocycles. The van der Waals surface area contributed by atoms with Gasteiger partial charge in [-0.1, -0.05) is 0 Å². The van der Waals surface area contributed by atoms with Gasteiger partial charge < -0.3 is 13.9 Å². The number of methoxy groups -OCH3 is 1. The van der Waals surface area contributed by atoms with Gasteiger partial charge in [0.2, 0.25) is 0 Å². The standard InChI is InChI=1S/C6H7NO4/c1-4-3-7-5(10-4)11-6(8)9-2/h3H,1-2H3. The Kier molecular flexibility index (Phi) is 2.10. The maximum absolute atomic E-state index is 10.4. The minimum Gasteiger partial charge on any atom is -0.437 e. The molecule has 0 unspecified atom stereocenters. The van der Waals surface area contributed by atoms with Crippen LogP contribution in [-0.2, 0) is 4.74 Å². The van der Waals surface area contributed by atoms with Crippen molar-refractivity contribution in [3.8, 4) is 6.08 Å². The van der Waals surface area contributed by atoms with Crippen LogP contribution in [0.3, 0.4) is 0 Å². The molecule has 11 heavy (non-hydrogen) atoms. The van der Waals surface area contributed by atoms with Crippen LogP contribution < -0.4 is 4.74 Å². The van der Waals surface area contributed by atoms with Crippen molar-refractivity contribution >= 4 is 6.16 Å². The monoisotopic (exact) mass is 157 g/mol. The molecule has 0 aliphatic heterocycles. The molecule has 1 rings (SSSR count). The van der Waals surface area contributed by atoms with Crippen LogP contribution in [-0.4, -0.2) is 18.2 Å². The van der Waals surface area contributed by atoms with Gasteiger partial charge in [0.15, 0.2) is 0 Å². The van der Waals surface area contributed by atoms with E-state index in [0.717, 1.165) is 0 Å². The van der Waals surface area contributed by atoms with Crippen LogP contribution in [0.15, 0.2) is 10.6 Å². The van der Waals surface area contributed by atoms with Crippen LogP contribution in [0.25, 0.3) is 0 Å². The number of aromatic nitrogens is 1. The Balaban J connectivity index is 2.57. The van der Waals surface area contributed by atoms with Gasteiger partial charge in [0.05, 0.1) is 13.3 Å². The lowest BCUT2D eigenvalue weighted by atomic mass is 10.6. The number of carbonyl (C=O) groups is 1. The van der Waals surface area contributed by atoms with Gasteiger partial charge in [-0.15, -0.1) is 0 Å². The predicted molar refractivity (Wildman–Crippen MR) is 34.3 cm³/mol. The minimum absolute atomic E-state index is 0.102. The van der Waals surface area contributed by atoms with E-state index >= 15 is 0 Å². The second-order valence-corrected chi connectivity index (χ2v) is 1.79. The zero-order valence-electron chi connectivity index (χ0n) is 6.16. The van der Waals surface area contributed by atoms with E-state index in [9.17, 15) is 4.79 Å². The van der Waals surface area contributed by atoms with Crippen molar-refractivity contribution in [1.82, 2.24) is 4.98 Å². The molecule has 0 aliphatic rings. The summed E-state index contributed by atoms with van der Waals surface area (Å²) in [6.45, 7) is 1.69. The summed E-state index contributed by atoms with van der Waals surface area (Å²) in [5.41, 5.74) is 0. The van der Waals surface area contributed by atoms with Crippen LogP contribution in [0.2, 0.25) is 0 Å². The highest BCUT2D eigenvalue weighted by Gasteiger charge is 2.07. The summed E-state index contributed by atoms with van der Waals surface area (Å²) >= 11 is 0. The Morgan fingerprint density at radius 1 is 1.73 bits per heavy atom. The molecular formula is C6H7NO4. The van der Waals surface area contributed by atoms with E-state index in [1.54, 1.807) is 6.92 Å². The molecule has 0 fully saturated rings. The first kappa shape index (κ1) is 7.59. The smallest absolute Gasteiger partial charge is 0.437 e. The Morgan fingerprint density at radius 2 is 2.45 bits per heavy atom. The Morgan fingerprint density at radius 3 is 2.91 bits per heavy atom. The maximum Gasteiger partial charge on any atom is 0.517 e. The lowest BCUT2D eigenvalue weighted by molar-refractivity contribution is 0.108. The molecule has 1 aromatic rings. The van der Waals surface area contributed by atoms with Crippen molar-refractivity contribution in [2.75, 3.05) is 7.11 Å². The van der Waals surface area contributed by atoms with Crippen molar-refractivity contribution < 1.29 is 18.7 Å². The predicted octanol–water partition coefficient (Wildman–Crippen LogP) is 1.13. The minimum atomic E-state index is -0.841. The maximum atomic E-state index is 10.4. The molecule has 0 amide bonds. The van der Waals surface area contributed by atoms with Gasteiger partial charge in [-0.2, -0.15) is 4.98 Å². The van der Waals surface area contributed by atoms with Crippen molar-refractivity contribution in [1.29, 1.82) is 0 Å². The second-order valence-electron chi connectivity index (χ2n) is 1.79. The summed E-state index contributed by atoms with van der Waals surface area (Å²) in [5, 5.41) is 0. The molecule has 0 aromatic carbocycles. The Hall–Kier alpha value is -1.52.